The Balaban J connectivity index is 0.000000229. The number of benzene rings is 4. The van der Waals surface area contributed by atoms with Gasteiger partial charge in [-0.2, -0.15) is 29.3 Å². The first-order valence-electron chi connectivity index (χ1n) is 13.3. The Labute approximate surface area is 268 Å². The molecular weight excluding hydrogens is 694 g/mol. The third-order valence-corrected chi connectivity index (χ3v) is 9.33. The van der Waals surface area contributed by atoms with Crippen LogP contribution in [-0.4, -0.2) is 3.26 Å². The maximum Gasteiger partial charge on any atom is -0.109 e. The molecule has 2 aliphatic rings. The van der Waals surface area contributed by atoms with Crippen LogP contribution in [-0.2, 0) is 30.3 Å². The zero-order chi connectivity index (χ0) is 27.2. The molecule has 2 aliphatic carbocycles. The molecule has 40 heavy (non-hydrogen) atoms. The average Bonchev–Trinajstić information content (AvgIpc) is 3.58. The largest absolute Gasteiger partial charge is 0.273 e. The van der Waals surface area contributed by atoms with Gasteiger partial charge in [0.1, 0.15) is 0 Å². The number of rotatable bonds is 2. The number of aryl methyl sites for hydroxylation is 6. The predicted octanol–water partition coefficient (Wildman–Crippen LogP) is 9.86. The van der Waals surface area contributed by atoms with Gasteiger partial charge in [-0.25, -0.2) is 12.2 Å². The van der Waals surface area contributed by atoms with Gasteiger partial charge in [-0.05, 0) is 37.0 Å². The van der Waals surface area contributed by atoms with Crippen LogP contribution in [0.5, 0.6) is 0 Å². The van der Waals surface area contributed by atoms with Crippen molar-refractivity contribution in [1.29, 1.82) is 0 Å². The van der Waals surface area contributed by atoms with Crippen LogP contribution in [0, 0.1) is 53.7 Å². The molecule has 0 heterocycles. The molecule has 0 amide bonds. The van der Waals surface area contributed by atoms with Crippen molar-refractivity contribution in [3.05, 3.63) is 153 Å². The molecule has 0 unspecified atom stereocenters. The van der Waals surface area contributed by atoms with Gasteiger partial charge in [0.2, 0.25) is 0 Å². The molecule has 0 saturated carbocycles. The molecule has 0 fully saturated rings. The summed E-state index contributed by atoms with van der Waals surface area (Å²) >= 11 is 1.08. The molecular formula is C37H38Cl2Hf. The molecule has 0 aliphatic heterocycles. The van der Waals surface area contributed by atoms with Gasteiger partial charge in [-0.15, -0.1) is 42.4 Å². The van der Waals surface area contributed by atoms with E-state index < -0.39 is 0 Å². The van der Waals surface area contributed by atoms with Gasteiger partial charge >= 0.3 is 112 Å². The van der Waals surface area contributed by atoms with E-state index in [4.69, 9.17) is 0 Å². The van der Waals surface area contributed by atoms with Crippen molar-refractivity contribution >= 4 is 28.1 Å². The molecule has 204 valence electrons. The van der Waals surface area contributed by atoms with Gasteiger partial charge in [0, 0.05) is 0 Å². The van der Waals surface area contributed by atoms with E-state index in [-0.39, 0.29) is 24.8 Å². The van der Waals surface area contributed by atoms with E-state index in [1.807, 2.05) is 12.2 Å². The van der Waals surface area contributed by atoms with Crippen LogP contribution in [0.15, 0.2) is 85.0 Å². The van der Waals surface area contributed by atoms with E-state index in [1.165, 1.54) is 70.0 Å². The van der Waals surface area contributed by atoms with Crippen LogP contribution in [0.25, 0.3) is 11.1 Å². The van der Waals surface area contributed by atoms with Crippen molar-refractivity contribution in [3.8, 4) is 11.1 Å². The molecule has 4 aromatic rings. The van der Waals surface area contributed by atoms with Crippen molar-refractivity contribution in [2.75, 3.05) is 0 Å². The predicted molar refractivity (Wildman–Crippen MR) is 174 cm³/mol. The fourth-order valence-corrected chi connectivity index (χ4v) is 5.79. The van der Waals surface area contributed by atoms with Crippen LogP contribution >= 0.6 is 24.8 Å². The van der Waals surface area contributed by atoms with Crippen LogP contribution < -0.4 is 0 Å². The number of hydrogen-bond donors (Lipinski definition) is 0. The van der Waals surface area contributed by atoms with Crippen molar-refractivity contribution in [2.24, 2.45) is 0 Å². The molecule has 0 bridgehead atoms. The van der Waals surface area contributed by atoms with Gasteiger partial charge < -0.3 is 0 Å². The normalized spacial score (nSPS) is 11.6. The first-order valence-corrected chi connectivity index (χ1v) is 15.1. The standard InChI is InChI=1S/C17H17.C15H14.C5H5.2ClH.Hf/c1-10-5-14-9-15-6-11(2)13(4)8-17(15)16(14)7-12(10)3;1-12-3-7-14(8-4-12)11-15-9-5-13(2)6-10-15;1-2-4-5-3-1;;;/h5,7-8H,9H2,1-4H3;3-10H,1-2H3;1-3H,4H2;2*1H;/q-1;;-1;;;+2. The molecule has 0 aromatic heterocycles. The van der Waals surface area contributed by atoms with E-state index in [1.54, 1.807) is 0 Å². The van der Waals surface area contributed by atoms with Crippen molar-refractivity contribution < 1.29 is 23.9 Å². The smallest absolute Gasteiger partial charge is 0.109 e. The number of hydrogen-bond acceptors (Lipinski definition) is 0. The second kappa shape index (κ2) is 15.6. The molecule has 0 saturated heterocycles. The summed E-state index contributed by atoms with van der Waals surface area (Å²) < 4.78 is 1.47. The second-order valence-electron chi connectivity index (χ2n) is 10.4. The summed E-state index contributed by atoms with van der Waals surface area (Å²) in [4.78, 5) is 0. The van der Waals surface area contributed by atoms with Crippen LogP contribution in [0.2, 0.25) is 0 Å². The summed E-state index contributed by atoms with van der Waals surface area (Å²) in [6.45, 7) is 13.0. The van der Waals surface area contributed by atoms with Crippen LogP contribution in [0.1, 0.15) is 62.1 Å². The Hall–Kier alpha value is -2.32. The zero-order valence-corrected chi connectivity index (χ0v) is 29.5. The molecule has 3 heteroatoms. The summed E-state index contributed by atoms with van der Waals surface area (Å²) in [6.07, 6.45) is 11.0. The van der Waals surface area contributed by atoms with E-state index in [0.29, 0.717) is 0 Å². The summed E-state index contributed by atoms with van der Waals surface area (Å²) in [7, 11) is 0. The third kappa shape index (κ3) is 8.59. The Bertz CT molecular complexity index is 1390. The number of allylic oxidation sites excluding steroid dienone is 4. The third-order valence-electron chi connectivity index (χ3n) is 7.26. The molecule has 0 spiro atoms. The molecule has 6 rings (SSSR count). The van der Waals surface area contributed by atoms with Gasteiger partial charge in [0.15, 0.2) is 0 Å². The summed E-state index contributed by atoms with van der Waals surface area (Å²) in [5.41, 5.74) is 16.4. The monoisotopic (exact) mass is 732 g/mol. The minimum atomic E-state index is 0. The van der Waals surface area contributed by atoms with Crippen LogP contribution in [0.4, 0.5) is 0 Å². The summed E-state index contributed by atoms with van der Waals surface area (Å²) in [6, 6.07) is 28.1. The Kier molecular flexibility index (Phi) is 13.2. The van der Waals surface area contributed by atoms with E-state index >= 15 is 0 Å². The fraction of sp³-hybridized carbons (Fsp3) is 0.216. The van der Waals surface area contributed by atoms with E-state index in [2.05, 4.69) is 126 Å². The first-order chi connectivity index (χ1) is 18.2. The molecule has 0 N–H and O–H groups in total. The maximum absolute atomic E-state index is 3.54. The topological polar surface area (TPSA) is 0 Å². The average molecular weight is 732 g/mol. The summed E-state index contributed by atoms with van der Waals surface area (Å²) in [5.74, 6) is 0. The SMILES string of the molecule is Cc1[c-]c2c(cc1C)-c1cc(C)c(C)cc1C2.Cc1ccc([C](=[Hf+2])c2ccc(C)cc2)cc1.Cl.Cl.[C-]1=CC=CC1. The van der Waals surface area contributed by atoms with Crippen molar-refractivity contribution in [3.63, 3.8) is 0 Å². The number of fused-ring (bicyclic) bond motifs is 3. The van der Waals surface area contributed by atoms with Gasteiger partial charge in [-0.1, -0.05) is 31.5 Å². The Morgan fingerprint density at radius 2 is 1.20 bits per heavy atom. The Morgan fingerprint density at radius 3 is 1.68 bits per heavy atom. The van der Waals surface area contributed by atoms with Crippen molar-refractivity contribution in [1.82, 2.24) is 0 Å². The first kappa shape index (κ1) is 33.9. The zero-order valence-electron chi connectivity index (χ0n) is 24.3. The maximum atomic E-state index is 3.54. The quantitative estimate of drug-likeness (QED) is 0.125. The van der Waals surface area contributed by atoms with E-state index in [0.717, 1.165) is 36.7 Å². The van der Waals surface area contributed by atoms with Gasteiger partial charge in [0.05, 0.1) is 0 Å². The van der Waals surface area contributed by atoms with E-state index in [9.17, 15) is 0 Å². The fourth-order valence-electron chi connectivity index (χ4n) is 4.59. The second-order valence-corrected chi connectivity index (χ2v) is 12.1. The minimum absolute atomic E-state index is 0. The molecule has 4 aromatic carbocycles. The molecule has 0 atom stereocenters. The van der Waals surface area contributed by atoms with Gasteiger partial charge in [-0.3, -0.25) is 6.08 Å². The van der Waals surface area contributed by atoms with Gasteiger partial charge in [0.25, 0.3) is 0 Å². The summed E-state index contributed by atoms with van der Waals surface area (Å²) in [5, 5.41) is 0. The molecule has 0 radical (unpaired) electrons. The van der Waals surface area contributed by atoms with Crippen molar-refractivity contribution in [2.45, 2.75) is 54.4 Å². The number of halogens is 2. The van der Waals surface area contributed by atoms with Crippen LogP contribution in [0.3, 0.4) is 0 Å². The molecule has 0 nitrogen and oxygen atoms in total. The Morgan fingerprint density at radius 1 is 0.675 bits per heavy atom. The minimum Gasteiger partial charge on any atom is -0.273 e.